The highest BCUT2D eigenvalue weighted by Gasteiger charge is 2.19. The molecular formula is C21H28O2. The van der Waals surface area contributed by atoms with E-state index in [4.69, 9.17) is 4.74 Å². The lowest BCUT2D eigenvalue weighted by atomic mass is 9.89. The van der Waals surface area contributed by atoms with Gasteiger partial charge in [0.1, 0.15) is 0 Å². The molecule has 23 heavy (non-hydrogen) atoms. The highest BCUT2D eigenvalue weighted by atomic mass is 16.5. The first kappa shape index (κ1) is 17.7. The highest BCUT2D eigenvalue weighted by molar-refractivity contribution is 5.20. The largest absolute Gasteiger partial charge is 0.388 e. The fraction of sp³-hybridized carbons (Fsp3) is 0.429. The molecule has 2 aromatic carbocycles. The Balaban J connectivity index is 1.87. The lowest BCUT2D eigenvalue weighted by Gasteiger charge is -2.24. The summed E-state index contributed by atoms with van der Waals surface area (Å²) in [5.41, 5.74) is 2.27. The van der Waals surface area contributed by atoms with E-state index in [2.05, 4.69) is 38.1 Å². The number of rotatable bonds is 8. The zero-order valence-corrected chi connectivity index (χ0v) is 14.4. The van der Waals surface area contributed by atoms with Gasteiger partial charge < -0.3 is 9.84 Å². The van der Waals surface area contributed by atoms with Crippen LogP contribution in [-0.4, -0.2) is 18.3 Å². The Morgan fingerprint density at radius 3 is 1.83 bits per heavy atom. The molecule has 124 valence electrons. The van der Waals surface area contributed by atoms with Gasteiger partial charge in [-0.3, -0.25) is 0 Å². The molecule has 0 aliphatic heterocycles. The van der Waals surface area contributed by atoms with Crippen molar-refractivity contribution in [2.45, 2.75) is 32.8 Å². The van der Waals surface area contributed by atoms with Gasteiger partial charge >= 0.3 is 0 Å². The van der Waals surface area contributed by atoms with Crippen molar-refractivity contribution in [1.82, 2.24) is 0 Å². The van der Waals surface area contributed by atoms with Crippen LogP contribution in [0.3, 0.4) is 0 Å². The van der Waals surface area contributed by atoms with Crippen molar-refractivity contribution in [3.8, 4) is 0 Å². The van der Waals surface area contributed by atoms with Crippen LogP contribution in [-0.2, 0) is 4.74 Å². The molecule has 3 unspecified atom stereocenters. The van der Waals surface area contributed by atoms with Crippen molar-refractivity contribution in [1.29, 1.82) is 0 Å². The molecule has 0 saturated heterocycles. The minimum absolute atomic E-state index is 0.0704. The number of aliphatic hydroxyl groups is 1. The van der Waals surface area contributed by atoms with E-state index in [1.54, 1.807) is 0 Å². The second kappa shape index (κ2) is 8.85. The van der Waals surface area contributed by atoms with Crippen molar-refractivity contribution in [2.75, 3.05) is 13.2 Å². The molecule has 0 amide bonds. The van der Waals surface area contributed by atoms with Gasteiger partial charge in [-0.05, 0) is 17.0 Å². The van der Waals surface area contributed by atoms with E-state index >= 15 is 0 Å². The van der Waals surface area contributed by atoms with E-state index in [0.717, 1.165) is 5.56 Å². The van der Waals surface area contributed by atoms with Gasteiger partial charge in [0.2, 0.25) is 0 Å². The predicted molar refractivity (Wildman–Crippen MR) is 95.4 cm³/mol. The average Bonchev–Trinajstić information content (AvgIpc) is 2.59. The number of ether oxygens (including phenoxy) is 1. The Morgan fingerprint density at radius 2 is 1.30 bits per heavy atom. The standard InChI is InChI=1S/C21H28O2/c1-16(2)20(18-10-6-4-7-11-18)15-23-14-17(3)21(22)19-12-8-5-9-13-19/h4-13,16-17,20-22H,14-15H2,1-3H3. The fourth-order valence-corrected chi connectivity index (χ4v) is 2.82. The summed E-state index contributed by atoms with van der Waals surface area (Å²) in [6, 6.07) is 20.3. The summed E-state index contributed by atoms with van der Waals surface area (Å²) >= 11 is 0. The van der Waals surface area contributed by atoms with Gasteiger partial charge in [-0.1, -0.05) is 81.4 Å². The zero-order chi connectivity index (χ0) is 16.7. The Labute approximate surface area is 140 Å². The summed E-state index contributed by atoms with van der Waals surface area (Å²) in [4.78, 5) is 0. The Hall–Kier alpha value is -1.64. The van der Waals surface area contributed by atoms with Crippen LogP contribution < -0.4 is 0 Å². The number of hydrogen-bond acceptors (Lipinski definition) is 2. The van der Waals surface area contributed by atoms with Gasteiger partial charge in [-0.15, -0.1) is 0 Å². The average molecular weight is 312 g/mol. The minimum Gasteiger partial charge on any atom is -0.388 e. The molecule has 2 nitrogen and oxygen atoms in total. The maximum Gasteiger partial charge on any atom is 0.0837 e. The topological polar surface area (TPSA) is 29.5 Å². The van der Waals surface area contributed by atoms with Crippen molar-refractivity contribution >= 4 is 0 Å². The normalized spacial score (nSPS) is 15.3. The quantitative estimate of drug-likeness (QED) is 0.758. The van der Waals surface area contributed by atoms with Gasteiger partial charge in [0.15, 0.2) is 0 Å². The molecule has 0 radical (unpaired) electrons. The summed E-state index contributed by atoms with van der Waals surface area (Å²) in [5, 5.41) is 10.4. The Kier molecular flexibility index (Phi) is 6.82. The predicted octanol–water partition coefficient (Wildman–Crippen LogP) is 4.81. The van der Waals surface area contributed by atoms with Gasteiger partial charge in [0.05, 0.1) is 19.3 Å². The lowest BCUT2D eigenvalue weighted by Crippen LogP contribution is -2.20. The molecule has 2 heteroatoms. The summed E-state index contributed by atoms with van der Waals surface area (Å²) in [6.07, 6.45) is -0.481. The van der Waals surface area contributed by atoms with Crippen molar-refractivity contribution in [3.63, 3.8) is 0 Å². The van der Waals surface area contributed by atoms with Gasteiger partial charge in [-0.2, -0.15) is 0 Å². The molecule has 0 aliphatic rings. The minimum atomic E-state index is -0.481. The number of hydrogen-bond donors (Lipinski definition) is 1. The molecule has 0 saturated carbocycles. The molecule has 0 bridgehead atoms. The Morgan fingerprint density at radius 1 is 0.783 bits per heavy atom. The molecule has 2 aromatic rings. The third kappa shape index (κ3) is 5.19. The zero-order valence-electron chi connectivity index (χ0n) is 14.4. The van der Waals surface area contributed by atoms with E-state index in [1.807, 2.05) is 43.3 Å². The van der Waals surface area contributed by atoms with Crippen molar-refractivity contribution in [2.24, 2.45) is 11.8 Å². The third-order valence-electron chi connectivity index (χ3n) is 4.39. The van der Waals surface area contributed by atoms with Crippen LogP contribution >= 0.6 is 0 Å². The first-order valence-electron chi connectivity index (χ1n) is 8.45. The second-order valence-corrected chi connectivity index (χ2v) is 6.63. The molecule has 0 aromatic heterocycles. The van der Waals surface area contributed by atoms with Crippen LogP contribution in [0.1, 0.15) is 43.9 Å². The molecule has 0 spiro atoms. The van der Waals surface area contributed by atoms with E-state index in [1.165, 1.54) is 5.56 Å². The first-order valence-corrected chi connectivity index (χ1v) is 8.45. The van der Waals surface area contributed by atoms with Crippen molar-refractivity contribution in [3.05, 3.63) is 71.8 Å². The third-order valence-corrected chi connectivity index (χ3v) is 4.39. The smallest absolute Gasteiger partial charge is 0.0837 e. The molecule has 0 fully saturated rings. The molecule has 2 rings (SSSR count). The van der Waals surface area contributed by atoms with Crippen LogP contribution in [0.15, 0.2) is 60.7 Å². The monoisotopic (exact) mass is 312 g/mol. The van der Waals surface area contributed by atoms with Crippen LogP contribution in [0, 0.1) is 11.8 Å². The van der Waals surface area contributed by atoms with Crippen LogP contribution in [0.4, 0.5) is 0 Å². The van der Waals surface area contributed by atoms with Crippen LogP contribution in [0.2, 0.25) is 0 Å². The van der Waals surface area contributed by atoms with Crippen LogP contribution in [0.25, 0.3) is 0 Å². The molecular weight excluding hydrogens is 284 g/mol. The summed E-state index contributed by atoms with van der Waals surface area (Å²) in [7, 11) is 0. The molecule has 0 aliphatic carbocycles. The maximum absolute atomic E-state index is 10.4. The Bertz CT molecular complexity index is 551. The van der Waals surface area contributed by atoms with Crippen molar-refractivity contribution < 1.29 is 9.84 Å². The number of aliphatic hydroxyl groups excluding tert-OH is 1. The fourth-order valence-electron chi connectivity index (χ4n) is 2.82. The van der Waals surface area contributed by atoms with E-state index in [0.29, 0.717) is 25.0 Å². The summed E-state index contributed by atoms with van der Waals surface area (Å²) in [6.45, 7) is 7.73. The van der Waals surface area contributed by atoms with E-state index in [9.17, 15) is 5.11 Å². The van der Waals surface area contributed by atoms with Crippen LogP contribution in [0.5, 0.6) is 0 Å². The van der Waals surface area contributed by atoms with Gasteiger partial charge in [0.25, 0.3) is 0 Å². The second-order valence-electron chi connectivity index (χ2n) is 6.63. The number of benzene rings is 2. The van der Waals surface area contributed by atoms with Gasteiger partial charge in [-0.25, -0.2) is 0 Å². The van der Waals surface area contributed by atoms with E-state index in [-0.39, 0.29) is 5.92 Å². The van der Waals surface area contributed by atoms with Gasteiger partial charge in [0, 0.05) is 11.8 Å². The molecule has 1 N–H and O–H groups in total. The highest BCUT2D eigenvalue weighted by Crippen LogP contribution is 2.26. The lowest BCUT2D eigenvalue weighted by molar-refractivity contribution is 0.0259. The van der Waals surface area contributed by atoms with E-state index < -0.39 is 6.10 Å². The summed E-state index contributed by atoms with van der Waals surface area (Å²) < 4.78 is 5.96. The maximum atomic E-state index is 10.4. The summed E-state index contributed by atoms with van der Waals surface area (Å²) in [5.74, 6) is 0.977. The SMILES string of the molecule is CC(C)C(COCC(C)C(O)c1ccccc1)c1ccccc1. The molecule has 3 atom stereocenters. The first-order chi connectivity index (χ1) is 11.1. The molecule has 0 heterocycles.